The van der Waals surface area contributed by atoms with Gasteiger partial charge in [-0.25, -0.2) is 0 Å². The molecule has 0 atom stereocenters. The van der Waals surface area contributed by atoms with Crippen LogP contribution in [0, 0.1) is 0 Å². The van der Waals surface area contributed by atoms with Crippen molar-refractivity contribution in [3.05, 3.63) is 53.6 Å². The number of hydrogen-bond acceptors (Lipinski definition) is 4. The highest BCUT2D eigenvalue weighted by molar-refractivity contribution is 5.94. The van der Waals surface area contributed by atoms with E-state index in [1.54, 1.807) is 33.3 Å². The zero-order chi connectivity index (χ0) is 19.6. The fourth-order valence-corrected chi connectivity index (χ4v) is 2.44. The van der Waals surface area contributed by atoms with Gasteiger partial charge in [0.25, 0.3) is 5.91 Å². The van der Waals surface area contributed by atoms with E-state index in [0.29, 0.717) is 36.2 Å². The summed E-state index contributed by atoms with van der Waals surface area (Å²) in [6, 6.07) is 13.0. The first-order valence-corrected chi connectivity index (χ1v) is 8.70. The molecule has 0 saturated heterocycles. The molecule has 0 spiro atoms. The molecule has 0 radical (unpaired) electrons. The van der Waals surface area contributed by atoms with Crippen molar-refractivity contribution in [2.45, 2.75) is 13.5 Å². The molecule has 27 heavy (non-hydrogen) atoms. The second-order valence-corrected chi connectivity index (χ2v) is 5.63. The van der Waals surface area contributed by atoms with Crippen LogP contribution in [0.15, 0.2) is 47.5 Å². The van der Waals surface area contributed by atoms with E-state index in [1.807, 2.05) is 37.3 Å². The fraction of sp³-hybridized carbons (Fsp3) is 0.300. The third-order valence-corrected chi connectivity index (χ3v) is 3.85. The van der Waals surface area contributed by atoms with Crippen molar-refractivity contribution >= 4 is 17.6 Å². The minimum Gasteiger partial charge on any atom is -0.493 e. The predicted octanol–water partition coefficient (Wildman–Crippen LogP) is 2.64. The van der Waals surface area contributed by atoms with Gasteiger partial charge in [-0.2, -0.15) is 0 Å². The second kappa shape index (κ2) is 10.1. The zero-order valence-corrected chi connectivity index (χ0v) is 16.1. The largest absolute Gasteiger partial charge is 0.493 e. The Morgan fingerprint density at radius 3 is 2.44 bits per heavy atom. The Kier molecular flexibility index (Phi) is 7.49. The molecule has 3 N–H and O–H groups in total. The Hall–Kier alpha value is -3.22. The van der Waals surface area contributed by atoms with Gasteiger partial charge in [0, 0.05) is 38.0 Å². The lowest BCUT2D eigenvalue weighted by atomic mass is 10.1. The number of carbonyl (C=O) groups excluding carboxylic acids is 1. The van der Waals surface area contributed by atoms with Crippen molar-refractivity contribution in [3.63, 3.8) is 0 Å². The molecular formula is C20H26N4O3. The lowest BCUT2D eigenvalue weighted by molar-refractivity contribution is 0.0963. The molecular weight excluding hydrogens is 344 g/mol. The van der Waals surface area contributed by atoms with Crippen LogP contribution in [-0.2, 0) is 6.54 Å². The van der Waals surface area contributed by atoms with Gasteiger partial charge in [-0.1, -0.05) is 12.1 Å². The van der Waals surface area contributed by atoms with E-state index in [9.17, 15) is 4.79 Å². The van der Waals surface area contributed by atoms with Gasteiger partial charge in [0.15, 0.2) is 17.5 Å². The Bertz CT molecular complexity index is 788. The van der Waals surface area contributed by atoms with E-state index in [1.165, 1.54) is 0 Å². The van der Waals surface area contributed by atoms with Gasteiger partial charge in [-0.05, 0) is 36.8 Å². The highest BCUT2D eigenvalue weighted by Crippen LogP contribution is 2.30. The molecule has 0 aliphatic rings. The molecule has 2 rings (SSSR count). The predicted molar refractivity (Wildman–Crippen MR) is 108 cm³/mol. The standard InChI is InChI=1S/C20H26N4O3/c1-5-27-18-12-16(10-11-17(18)26-4)24-20(22-3)23-13-14-6-8-15(9-7-14)19(25)21-2/h6-12H,5,13H2,1-4H3,(H,21,25)(H2,22,23,24). The summed E-state index contributed by atoms with van der Waals surface area (Å²) in [6.45, 7) is 3.05. The van der Waals surface area contributed by atoms with Gasteiger partial charge >= 0.3 is 0 Å². The number of ether oxygens (including phenoxy) is 2. The van der Waals surface area contributed by atoms with Gasteiger partial charge in [-0.15, -0.1) is 0 Å². The maximum atomic E-state index is 11.6. The molecule has 0 aromatic heterocycles. The lowest BCUT2D eigenvalue weighted by Crippen LogP contribution is -2.30. The number of rotatable bonds is 7. The second-order valence-electron chi connectivity index (χ2n) is 5.63. The highest BCUT2D eigenvalue weighted by Gasteiger charge is 2.07. The van der Waals surface area contributed by atoms with Gasteiger partial charge in [0.2, 0.25) is 0 Å². The number of hydrogen-bond donors (Lipinski definition) is 3. The van der Waals surface area contributed by atoms with Crippen LogP contribution >= 0.6 is 0 Å². The smallest absolute Gasteiger partial charge is 0.251 e. The van der Waals surface area contributed by atoms with Gasteiger partial charge in [-0.3, -0.25) is 9.79 Å². The Balaban J connectivity index is 2.00. The molecule has 0 aliphatic heterocycles. The molecule has 2 aromatic rings. The number of benzene rings is 2. The average Bonchev–Trinajstić information content (AvgIpc) is 2.71. The Morgan fingerprint density at radius 1 is 1.11 bits per heavy atom. The maximum absolute atomic E-state index is 11.6. The molecule has 2 aromatic carbocycles. The summed E-state index contributed by atoms with van der Waals surface area (Å²) in [5.41, 5.74) is 2.50. The zero-order valence-electron chi connectivity index (χ0n) is 16.1. The van der Waals surface area contributed by atoms with E-state index in [2.05, 4.69) is 20.9 Å². The van der Waals surface area contributed by atoms with E-state index in [4.69, 9.17) is 9.47 Å². The van der Waals surface area contributed by atoms with Gasteiger partial charge in [0.1, 0.15) is 0 Å². The van der Waals surface area contributed by atoms with Crippen molar-refractivity contribution < 1.29 is 14.3 Å². The summed E-state index contributed by atoms with van der Waals surface area (Å²) in [5.74, 6) is 1.88. The number of amides is 1. The monoisotopic (exact) mass is 370 g/mol. The molecule has 0 bridgehead atoms. The third-order valence-electron chi connectivity index (χ3n) is 3.85. The summed E-state index contributed by atoms with van der Waals surface area (Å²) in [5, 5.41) is 9.08. The van der Waals surface area contributed by atoms with Crippen LogP contribution in [0.5, 0.6) is 11.5 Å². The van der Waals surface area contributed by atoms with Crippen LogP contribution in [0.25, 0.3) is 0 Å². The normalized spacial score (nSPS) is 10.9. The highest BCUT2D eigenvalue weighted by atomic mass is 16.5. The van der Waals surface area contributed by atoms with Crippen LogP contribution in [0.1, 0.15) is 22.8 Å². The summed E-state index contributed by atoms with van der Waals surface area (Å²) in [6.07, 6.45) is 0. The molecule has 0 saturated carbocycles. The van der Waals surface area contributed by atoms with E-state index >= 15 is 0 Å². The number of carbonyl (C=O) groups is 1. The minimum atomic E-state index is -0.100. The van der Waals surface area contributed by atoms with Crippen molar-refractivity contribution in [1.29, 1.82) is 0 Å². The summed E-state index contributed by atoms with van der Waals surface area (Å²) in [4.78, 5) is 15.8. The number of anilines is 1. The van der Waals surface area contributed by atoms with Crippen molar-refractivity contribution in [2.75, 3.05) is 33.1 Å². The molecule has 1 amide bonds. The third kappa shape index (κ3) is 5.64. The number of aliphatic imine (C=N–C) groups is 1. The summed E-state index contributed by atoms with van der Waals surface area (Å²) < 4.78 is 10.9. The van der Waals surface area contributed by atoms with Crippen LogP contribution in [0.3, 0.4) is 0 Å². The fourth-order valence-electron chi connectivity index (χ4n) is 2.44. The summed E-state index contributed by atoms with van der Waals surface area (Å²) in [7, 11) is 4.93. The molecule has 7 nitrogen and oxygen atoms in total. The Labute approximate surface area is 159 Å². The van der Waals surface area contributed by atoms with E-state index < -0.39 is 0 Å². The minimum absolute atomic E-state index is 0.100. The lowest BCUT2D eigenvalue weighted by Gasteiger charge is -2.15. The van der Waals surface area contributed by atoms with Gasteiger partial charge in [0.05, 0.1) is 13.7 Å². The first-order valence-electron chi connectivity index (χ1n) is 8.70. The van der Waals surface area contributed by atoms with Crippen LogP contribution in [0.2, 0.25) is 0 Å². The van der Waals surface area contributed by atoms with Crippen LogP contribution in [-0.4, -0.2) is 39.7 Å². The molecule has 0 unspecified atom stereocenters. The number of methoxy groups -OCH3 is 1. The number of guanidine groups is 1. The topological polar surface area (TPSA) is 84.0 Å². The average molecular weight is 370 g/mol. The first kappa shape index (κ1) is 20.1. The van der Waals surface area contributed by atoms with Crippen LogP contribution < -0.4 is 25.4 Å². The van der Waals surface area contributed by atoms with E-state index in [-0.39, 0.29) is 5.91 Å². The van der Waals surface area contributed by atoms with E-state index in [0.717, 1.165) is 11.3 Å². The van der Waals surface area contributed by atoms with Crippen molar-refractivity contribution in [1.82, 2.24) is 10.6 Å². The molecule has 0 aliphatic carbocycles. The number of nitrogens with zero attached hydrogens (tertiary/aromatic N) is 1. The van der Waals surface area contributed by atoms with Gasteiger partial charge < -0.3 is 25.4 Å². The Morgan fingerprint density at radius 2 is 1.85 bits per heavy atom. The van der Waals surface area contributed by atoms with Crippen molar-refractivity contribution in [2.24, 2.45) is 4.99 Å². The first-order chi connectivity index (χ1) is 13.1. The molecule has 144 valence electrons. The number of nitrogens with one attached hydrogen (secondary N) is 3. The quantitative estimate of drug-likeness (QED) is 0.515. The molecule has 0 heterocycles. The van der Waals surface area contributed by atoms with Crippen molar-refractivity contribution in [3.8, 4) is 11.5 Å². The molecule has 0 fully saturated rings. The maximum Gasteiger partial charge on any atom is 0.251 e. The summed E-state index contributed by atoms with van der Waals surface area (Å²) >= 11 is 0. The SMILES string of the molecule is CCOc1cc(NC(=NC)NCc2ccc(C(=O)NC)cc2)ccc1OC. The molecule has 7 heteroatoms. The van der Waals surface area contributed by atoms with Crippen LogP contribution in [0.4, 0.5) is 5.69 Å².